The molecule has 1 rings (SSSR count). The molecule has 17 heavy (non-hydrogen) atoms. The average Bonchev–Trinajstić information content (AvgIpc) is 2.28. The SMILES string of the molecule is C/C=C\CCc1cc(C)cc(C)c1OCCC. The molecule has 0 radical (unpaired) electrons. The Hall–Kier alpha value is -1.24. The van der Waals surface area contributed by atoms with Gasteiger partial charge < -0.3 is 4.74 Å². The van der Waals surface area contributed by atoms with E-state index in [1.807, 2.05) is 0 Å². The van der Waals surface area contributed by atoms with Crippen molar-refractivity contribution in [1.29, 1.82) is 0 Å². The molecule has 0 atom stereocenters. The maximum Gasteiger partial charge on any atom is 0.125 e. The van der Waals surface area contributed by atoms with E-state index < -0.39 is 0 Å². The molecule has 0 aromatic heterocycles. The summed E-state index contributed by atoms with van der Waals surface area (Å²) in [6.07, 6.45) is 7.52. The van der Waals surface area contributed by atoms with Crippen LogP contribution in [0.5, 0.6) is 5.75 Å². The summed E-state index contributed by atoms with van der Waals surface area (Å²) >= 11 is 0. The van der Waals surface area contributed by atoms with Gasteiger partial charge in [0.25, 0.3) is 0 Å². The fourth-order valence-corrected chi connectivity index (χ4v) is 2.04. The van der Waals surface area contributed by atoms with E-state index in [2.05, 4.69) is 52.0 Å². The van der Waals surface area contributed by atoms with Gasteiger partial charge in [0.2, 0.25) is 0 Å². The molecule has 0 unspecified atom stereocenters. The summed E-state index contributed by atoms with van der Waals surface area (Å²) in [5.74, 6) is 1.10. The van der Waals surface area contributed by atoms with Crippen LogP contribution in [0.15, 0.2) is 24.3 Å². The lowest BCUT2D eigenvalue weighted by Crippen LogP contribution is -2.01. The standard InChI is InChI=1S/C16H24O/c1-5-7-8-9-15-12-13(3)11-14(4)16(15)17-10-6-2/h5,7,11-12H,6,8-10H2,1-4H3/b7-5-. The van der Waals surface area contributed by atoms with Crippen LogP contribution in [-0.4, -0.2) is 6.61 Å². The molecule has 1 aromatic carbocycles. The van der Waals surface area contributed by atoms with Gasteiger partial charge in [-0.3, -0.25) is 0 Å². The van der Waals surface area contributed by atoms with E-state index in [1.54, 1.807) is 0 Å². The maximum atomic E-state index is 5.88. The number of hydrogen-bond acceptors (Lipinski definition) is 1. The van der Waals surface area contributed by atoms with Gasteiger partial charge in [-0.15, -0.1) is 0 Å². The maximum absolute atomic E-state index is 5.88. The predicted octanol–water partition coefficient (Wildman–Crippen LogP) is 4.60. The number of benzene rings is 1. The summed E-state index contributed by atoms with van der Waals surface area (Å²) in [5, 5.41) is 0. The number of rotatable bonds is 6. The van der Waals surface area contributed by atoms with Crippen molar-refractivity contribution in [3.63, 3.8) is 0 Å². The van der Waals surface area contributed by atoms with E-state index in [-0.39, 0.29) is 0 Å². The molecule has 0 saturated heterocycles. The number of hydrogen-bond donors (Lipinski definition) is 0. The minimum Gasteiger partial charge on any atom is -0.493 e. The molecule has 1 aromatic rings. The Labute approximate surface area is 106 Å². The summed E-state index contributed by atoms with van der Waals surface area (Å²) in [6.45, 7) is 9.30. The van der Waals surface area contributed by atoms with Gasteiger partial charge >= 0.3 is 0 Å². The third-order valence-corrected chi connectivity index (χ3v) is 2.76. The van der Waals surface area contributed by atoms with Gasteiger partial charge in [-0.05, 0) is 51.2 Å². The Kier molecular flexibility index (Phi) is 5.82. The van der Waals surface area contributed by atoms with E-state index in [1.165, 1.54) is 16.7 Å². The average molecular weight is 232 g/mol. The Morgan fingerprint density at radius 3 is 2.65 bits per heavy atom. The van der Waals surface area contributed by atoms with Crippen LogP contribution in [0.25, 0.3) is 0 Å². The highest BCUT2D eigenvalue weighted by Crippen LogP contribution is 2.26. The van der Waals surface area contributed by atoms with E-state index in [4.69, 9.17) is 4.74 Å². The largest absolute Gasteiger partial charge is 0.493 e. The minimum absolute atomic E-state index is 0.806. The van der Waals surface area contributed by atoms with Gasteiger partial charge in [0.1, 0.15) is 5.75 Å². The van der Waals surface area contributed by atoms with Crippen LogP contribution >= 0.6 is 0 Å². The lowest BCUT2D eigenvalue weighted by Gasteiger charge is -2.14. The first-order valence-corrected chi connectivity index (χ1v) is 6.53. The second-order valence-corrected chi connectivity index (χ2v) is 4.53. The molecule has 0 aliphatic carbocycles. The van der Waals surface area contributed by atoms with Crippen LogP contribution in [0.2, 0.25) is 0 Å². The van der Waals surface area contributed by atoms with Crippen LogP contribution in [-0.2, 0) is 6.42 Å². The molecule has 0 bridgehead atoms. The molecule has 0 spiro atoms. The molecule has 0 fully saturated rings. The fourth-order valence-electron chi connectivity index (χ4n) is 2.04. The molecule has 0 heterocycles. The predicted molar refractivity (Wildman–Crippen MR) is 74.8 cm³/mol. The quantitative estimate of drug-likeness (QED) is 0.651. The fraction of sp³-hybridized carbons (Fsp3) is 0.500. The third-order valence-electron chi connectivity index (χ3n) is 2.76. The summed E-state index contributed by atoms with van der Waals surface area (Å²) in [7, 11) is 0. The lowest BCUT2D eigenvalue weighted by atomic mass is 10.0. The van der Waals surface area contributed by atoms with E-state index >= 15 is 0 Å². The van der Waals surface area contributed by atoms with Crippen LogP contribution in [0.3, 0.4) is 0 Å². The molecule has 0 amide bonds. The molecular weight excluding hydrogens is 208 g/mol. The van der Waals surface area contributed by atoms with Gasteiger partial charge in [0.05, 0.1) is 6.61 Å². The molecule has 1 nitrogen and oxygen atoms in total. The van der Waals surface area contributed by atoms with Gasteiger partial charge in [-0.25, -0.2) is 0 Å². The van der Waals surface area contributed by atoms with Gasteiger partial charge in [-0.1, -0.05) is 36.8 Å². The first kappa shape index (κ1) is 13.8. The number of aryl methyl sites for hydroxylation is 3. The minimum atomic E-state index is 0.806. The van der Waals surface area contributed by atoms with Crippen molar-refractivity contribution in [3.8, 4) is 5.75 Å². The molecule has 0 aliphatic rings. The molecule has 94 valence electrons. The number of allylic oxidation sites excluding steroid dienone is 2. The van der Waals surface area contributed by atoms with Crippen molar-refractivity contribution in [3.05, 3.63) is 41.0 Å². The Morgan fingerprint density at radius 1 is 1.24 bits per heavy atom. The smallest absolute Gasteiger partial charge is 0.125 e. The monoisotopic (exact) mass is 232 g/mol. The second kappa shape index (κ2) is 7.16. The molecule has 0 aliphatic heterocycles. The van der Waals surface area contributed by atoms with Crippen LogP contribution in [0, 0.1) is 13.8 Å². The van der Waals surface area contributed by atoms with Crippen molar-refractivity contribution in [2.45, 2.75) is 47.0 Å². The zero-order valence-electron chi connectivity index (χ0n) is 11.5. The van der Waals surface area contributed by atoms with Crippen molar-refractivity contribution in [2.75, 3.05) is 6.61 Å². The Balaban J connectivity index is 2.89. The van der Waals surface area contributed by atoms with Crippen molar-refractivity contribution < 1.29 is 4.74 Å². The van der Waals surface area contributed by atoms with Crippen LogP contribution in [0.4, 0.5) is 0 Å². The normalized spacial score (nSPS) is 11.1. The highest BCUT2D eigenvalue weighted by molar-refractivity contribution is 5.44. The zero-order chi connectivity index (χ0) is 12.7. The Bertz CT molecular complexity index is 377. The van der Waals surface area contributed by atoms with Gasteiger partial charge in [-0.2, -0.15) is 0 Å². The van der Waals surface area contributed by atoms with Gasteiger partial charge in [0, 0.05) is 0 Å². The van der Waals surface area contributed by atoms with Crippen molar-refractivity contribution in [2.24, 2.45) is 0 Å². The zero-order valence-corrected chi connectivity index (χ0v) is 11.5. The number of ether oxygens (including phenoxy) is 1. The van der Waals surface area contributed by atoms with E-state index in [0.717, 1.165) is 31.6 Å². The molecular formula is C16H24O. The summed E-state index contributed by atoms with van der Waals surface area (Å²) in [4.78, 5) is 0. The summed E-state index contributed by atoms with van der Waals surface area (Å²) in [6, 6.07) is 4.45. The summed E-state index contributed by atoms with van der Waals surface area (Å²) < 4.78 is 5.88. The van der Waals surface area contributed by atoms with Crippen LogP contribution in [0.1, 0.15) is 43.4 Å². The van der Waals surface area contributed by atoms with E-state index in [0.29, 0.717) is 0 Å². The van der Waals surface area contributed by atoms with Crippen molar-refractivity contribution in [1.82, 2.24) is 0 Å². The lowest BCUT2D eigenvalue weighted by molar-refractivity contribution is 0.312. The molecule has 0 N–H and O–H groups in total. The Morgan fingerprint density at radius 2 is 2.00 bits per heavy atom. The van der Waals surface area contributed by atoms with Gasteiger partial charge in [0.15, 0.2) is 0 Å². The summed E-state index contributed by atoms with van der Waals surface area (Å²) in [5.41, 5.74) is 3.92. The van der Waals surface area contributed by atoms with E-state index in [9.17, 15) is 0 Å². The third kappa shape index (κ3) is 4.26. The second-order valence-electron chi connectivity index (χ2n) is 4.53. The first-order chi connectivity index (χ1) is 8.19. The topological polar surface area (TPSA) is 9.23 Å². The molecule has 0 saturated carbocycles. The van der Waals surface area contributed by atoms with Crippen molar-refractivity contribution >= 4 is 0 Å². The highest BCUT2D eigenvalue weighted by Gasteiger charge is 2.07. The molecule has 1 heteroatoms. The van der Waals surface area contributed by atoms with Crippen LogP contribution < -0.4 is 4.74 Å². The highest BCUT2D eigenvalue weighted by atomic mass is 16.5. The first-order valence-electron chi connectivity index (χ1n) is 6.53.